The Bertz CT molecular complexity index is 845. The van der Waals surface area contributed by atoms with Crippen molar-refractivity contribution in [3.8, 4) is 17.0 Å². The van der Waals surface area contributed by atoms with Gasteiger partial charge >= 0.3 is 5.69 Å². The summed E-state index contributed by atoms with van der Waals surface area (Å²) < 4.78 is 0. The second-order valence-corrected chi connectivity index (χ2v) is 5.55. The predicted octanol–water partition coefficient (Wildman–Crippen LogP) is 1.81. The molecule has 0 fully saturated rings. The lowest BCUT2D eigenvalue weighted by Gasteiger charge is -2.31. The summed E-state index contributed by atoms with van der Waals surface area (Å²) in [7, 11) is 0. The van der Waals surface area contributed by atoms with Gasteiger partial charge in [0.1, 0.15) is 17.7 Å². The number of nitrogens with two attached hydrogens (primary N) is 1. The van der Waals surface area contributed by atoms with Crippen LogP contribution < -0.4 is 5.73 Å². The number of carbonyl (C=O) groups is 1. The third-order valence-corrected chi connectivity index (χ3v) is 3.89. The lowest BCUT2D eigenvalue weighted by atomic mass is 9.70. The van der Waals surface area contributed by atoms with Gasteiger partial charge in [-0.05, 0) is 26.0 Å². The Balaban J connectivity index is 2.50. The standard InChI is InChI=1S/C14H12N4O4/c1-14(2)9-10(16-5-17-13(9)15)6-3-4-7(19)11(18(21)22)8(6)12(14)20/h3-5,19H,1-2H3,(H2,15,16,17). The molecular weight excluding hydrogens is 288 g/mol. The van der Waals surface area contributed by atoms with Gasteiger partial charge in [-0.3, -0.25) is 14.9 Å². The van der Waals surface area contributed by atoms with E-state index >= 15 is 0 Å². The Labute approximate surface area is 124 Å². The lowest BCUT2D eigenvalue weighted by molar-refractivity contribution is -0.386. The highest BCUT2D eigenvalue weighted by atomic mass is 16.6. The molecule has 2 aromatic rings. The fourth-order valence-electron chi connectivity index (χ4n) is 2.84. The van der Waals surface area contributed by atoms with E-state index in [9.17, 15) is 20.0 Å². The van der Waals surface area contributed by atoms with Crippen molar-refractivity contribution in [2.45, 2.75) is 19.3 Å². The van der Waals surface area contributed by atoms with Gasteiger partial charge in [-0.25, -0.2) is 9.97 Å². The van der Waals surface area contributed by atoms with Crippen molar-refractivity contribution in [2.24, 2.45) is 0 Å². The summed E-state index contributed by atoms with van der Waals surface area (Å²) in [5, 5.41) is 21.0. The quantitative estimate of drug-likeness (QED) is 0.606. The predicted molar refractivity (Wildman–Crippen MR) is 77.6 cm³/mol. The number of Topliss-reactive ketones (excluding diaryl/α,β-unsaturated/α-hetero) is 1. The third kappa shape index (κ3) is 1.60. The second-order valence-electron chi connectivity index (χ2n) is 5.55. The highest BCUT2D eigenvalue weighted by Gasteiger charge is 2.45. The molecule has 0 amide bonds. The van der Waals surface area contributed by atoms with Gasteiger partial charge in [0.05, 0.1) is 16.0 Å². The van der Waals surface area contributed by atoms with Crippen molar-refractivity contribution in [1.82, 2.24) is 9.97 Å². The van der Waals surface area contributed by atoms with E-state index in [-0.39, 0.29) is 16.9 Å². The molecule has 112 valence electrons. The first kappa shape index (κ1) is 13.9. The van der Waals surface area contributed by atoms with Crippen molar-refractivity contribution in [1.29, 1.82) is 0 Å². The maximum absolute atomic E-state index is 12.8. The molecule has 0 unspecified atom stereocenters. The molecule has 0 bridgehead atoms. The average Bonchev–Trinajstić information content (AvgIpc) is 2.43. The number of hydrogen-bond donors (Lipinski definition) is 2. The zero-order chi connectivity index (χ0) is 16.2. The number of benzene rings is 1. The van der Waals surface area contributed by atoms with Gasteiger partial charge in [0.2, 0.25) is 0 Å². The fourth-order valence-corrected chi connectivity index (χ4v) is 2.84. The molecule has 0 radical (unpaired) electrons. The Morgan fingerprint density at radius 1 is 1.32 bits per heavy atom. The van der Waals surface area contributed by atoms with Gasteiger partial charge in [-0.2, -0.15) is 0 Å². The van der Waals surface area contributed by atoms with E-state index in [1.807, 2.05) is 0 Å². The molecule has 22 heavy (non-hydrogen) atoms. The number of nitrogen functional groups attached to an aromatic ring is 1. The maximum Gasteiger partial charge on any atom is 0.322 e. The van der Waals surface area contributed by atoms with Crippen molar-refractivity contribution < 1.29 is 14.8 Å². The zero-order valence-electron chi connectivity index (χ0n) is 11.8. The normalized spacial score (nSPS) is 15.1. The Hall–Kier alpha value is -3.03. The summed E-state index contributed by atoms with van der Waals surface area (Å²) >= 11 is 0. The topological polar surface area (TPSA) is 132 Å². The van der Waals surface area contributed by atoms with Crippen molar-refractivity contribution in [3.63, 3.8) is 0 Å². The van der Waals surface area contributed by atoms with E-state index in [1.165, 1.54) is 18.5 Å². The number of aromatic nitrogens is 2. The van der Waals surface area contributed by atoms with Crippen LogP contribution in [0.3, 0.4) is 0 Å². The smallest absolute Gasteiger partial charge is 0.322 e. The van der Waals surface area contributed by atoms with E-state index in [0.717, 1.165) is 0 Å². The monoisotopic (exact) mass is 300 g/mol. The third-order valence-electron chi connectivity index (χ3n) is 3.89. The molecule has 0 spiro atoms. The van der Waals surface area contributed by atoms with E-state index in [4.69, 9.17) is 5.73 Å². The number of nitro benzene ring substituents is 1. The summed E-state index contributed by atoms with van der Waals surface area (Å²) in [4.78, 5) is 31.3. The summed E-state index contributed by atoms with van der Waals surface area (Å²) in [5.74, 6) is -0.901. The van der Waals surface area contributed by atoms with Crippen LogP contribution in [0.2, 0.25) is 0 Å². The summed E-state index contributed by atoms with van der Waals surface area (Å²) in [6, 6.07) is 2.60. The lowest BCUT2D eigenvalue weighted by Crippen LogP contribution is -2.35. The fraction of sp³-hybridized carbons (Fsp3) is 0.214. The minimum Gasteiger partial charge on any atom is -0.502 e. The van der Waals surface area contributed by atoms with Crippen LogP contribution in [-0.2, 0) is 5.41 Å². The molecule has 1 aromatic heterocycles. The molecule has 3 N–H and O–H groups in total. The van der Waals surface area contributed by atoms with Gasteiger partial charge in [0.15, 0.2) is 11.5 Å². The Morgan fingerprint density at radius 3 is 2.64 bits per heavy atom. The molecule has 0 aliphatic heterocycles. The molecule has 8 nitrogen and oxygen atoms in total. The first-order chi connectivity index (χ1) is 10.3. The summed E-state index contributed by atoms with van der Waals surface area (Å²) in [6.07, 6.45) is 1.24. The van der Waals surface area contributed by atoms with Crippen LogP contribution in [0.5, 0.6) is 5.75 Å². The number of nitro groups is 1. The molecular formula is C14H12N4O4. The van der Waals surface area contributed by atoms with Gasteiger partial charge < -0.3 is 10.8 Å². The molecule has 3 rings (SSSR count). The first-order valence-electron chi connectivity index (χ1n) is 6.43. The number of rotatable bonds is 1. The minimum absolute atomic E-state index is 0.152. The van der Waals surface area contributed by atoms with Crippen molar-refractivity contribution in [3.05, 3.63) is 39.7 Å². The van der Waals surface area contributed by atoms with Gasteiger partial charge in [0, 0.05) is 11.1 Å². The van der Waals surface area contributed by atoms with E-state index in [0.29, 0.717) is 11.3 Å². The average molecular weight is 300 g/mol. The Morgan fingerprint density at radius 2 is 2.00 bits per heavy atom. The number of phenolic OH excluding ortho intramolecular Hbond substituents is 1. The van der Waals surface area contributed by atoms with Crippen LogP contribution in [0.25, 0.3) is 11.3 Å². The van der Waals surface area contributed by atoms with E-state index in [1.54, 1.807) is 13.8 Å². The number of phenols is 1. The van der Waals surface area contributed by atoms with Gasteiger partial charge in [-0.15, -0.1) is 0 Å². The van der Waals surface area contributed by atoms with E-state index < -0.39 is 27.6 Å². The highest BCUT2D eigenvalue weighted by molar-refractivity contribution is 6.15. The van der Waals surface area contributed by atoms with Gasteiger partial charge in [0.25, 0.3) is 0 Å². The maximum atomic E-state index is 12.8. The largest absolute Gasteiger partial charge is 0.502 e. The Kier molecular flexibility index (Phi) is 2.68. The number of nitrogens with zero attached hydrogens (tertiary/aromatic N) is 3. The van der Waals surface area contributed by atoms with E-state index in [2.05, 4.69) is 9.97 Å². The number of aromatic hydroxyl groups is 1. The molecule has 1 aliphatic rings. The molecule has 1 aromatic carbocycles. The SMILES string of the molecule is CC1(C)C(=O)c2c(ccc(O)c2[N+](=O)[O-])-c2ncnc(N)c21. The van der Waals surface area contributed by atoms with Crippen LogP contribution in [0.4, 0.5) is 11.5 Å². The second kappa shape index (κ2) is 4.23. The minimum atomic E-state index is -1.13. The molecule has 1 heterocycles. The number of carbonyl (C=O) groups excluding carboxylic acids is 1. The summed E-state index contributed by atoms with van der Waals surface area (Å²) in [5.41, 5.74) is 5.06. The van der Waals surface area contributed by atoms with Crippen LogP contribution in [0.15, 0.2) is 18.5 Å². The number of hydrogen-bond acceptors (Lipinski definition) is 7. The molecule has 8 heteroatoms. The molecule has 0 saturated carbocycles. The van der Waals surface area contributed by atoms with Crippen LogP contribution in [-0.4, -0.2) is 25.8 Å². The number of ketones is 1. The van der Waals surface area contributed by atoms with Crippen LogP contribution >= 0.6 is 0 Å². The highest BCUT2D eigenvalue weighted by Crippen LogP contribution is 2.48. The molecule has 0 atom stereocenters. The van der Waals surface area contributed by atoms with Crippen molar-refractivity contribution in [2.75, 3.05) is 5.73 Å². The summed E-state index contributed by atoms with van der Waals surface area (Å²) in [6.45, 7) is 3.20. The van der Waals surface area contributed by atoms with Crippen LogP contribution in [0, 0.1) is 10.1 Å². The molecule has 0 saturated heterocycles. The van der Waals surface area contributed by atoms with Crippen LogP contribution in [0.1, 0.15) is 29.8 Å². The number of anilines is 1. The molecule has 1 aliphatic carbocycles. The van der Waals surface area contributed by atoms with Crippen molar-refractivity contribution >= 4 is 17.3 Å². The number of fused-ring (bicyclic) bond motifs is 3. The van der Waals surface area contributed by atoms with Gasteiger partial charge in [-0.1, -0.05) is 0 Å². The zero-order valence-corrected chi connectivity index (χ0v) is 11.8. The first-order valence-corrected chi connectivity index (χ1v) is 6.43.